The highest BCUT2D eigenvalue weighted by atomic mass is 79.9. The number of ether oxygens (including phenoxy) is 2. The molecule has 0 aromatic heterocycles. The third-order valence-corrected chi connectivity index (χ3v) is 4.73. The van der Waals surface area contributed by atoms with Crippen LogP contribution in [0.3, 0.4) is 0 Å². The van der Waals surface area contributed by atoms with Crippen molar-refractivity contribution in [3.8, 4) is 17.2 Å². The molecule has 0 amide bonds. The van der Waals surface area contributed by atoms with Gasteiger partial charge in [-0.3, -0.25) is 4.79 Å². The number of carbonyl (C=O) groups is 1. The minimum atomic E-state index is -0.163. The molecule has 1 aliphatic heterocycles. The van der Waals surface area contributed by atoms with Crippen molar-refractivity contribution in [2.24, 2.45) is 0 Å². The fourth-order valence-electron chi connectivity index (χ4n) is 2.90. The van der Waals surface area contributed by atoms with E-state index in [-0.39, 0.29) is 17.3 Å². The lowest BCUT2D eigenvalue weighted by molar-refractivity contribution is 0.101. The van der Waals surface area contributed by atoms with Crippen LogP contribution in [0.2, 0.25) is 0 Å². The monoisotopic (exact) mass is 396 g/mol. The maximum atomic E-state index is 12.7. The Morgan fingerprint density at radius 2 is 1.96 bits per heavy atom. The van der Waals surface area contributed by atoms with Gasteiger partial charge in [-0.1, -0.05) is 30.3 Å². The van der Waals surface area contributed by atoms with Crippen LogP contribution in [0.4, 0.5) is 0 Å². The predicted molar refractivity (Wildman–Crippen MR) is 99.2 cm³/mol. The van der Waals surface area contributed by atoms with Crippen LogP contribution in [0, 0.1) is 0 Å². The van der Waals surface area contributed by atoms with Crippen LogP contribution < -0.4 is 9.47 Å². The van der Waals surface area contributed by atoms with Crippen LogP contribution in [0.5, 0.6) is 17.2 Å². The van der Waals surface area contributed by atoms with Crippen LogP contribution >= 0.6 is 15.9 Å². The van der Waals surface area contributed by atoms with Crippen molar-refractivity contribution < 1.29 is 19.4 Å². The van der Waals surface area contributed by atoms with Gasteiger partial charge in [0.25, 0.3) is 0 Å². The number of phenols is 1. The summed E-state index contributed by atoms with van der Waals surface area (Å²) < 4.78 is 11.5. The molecular weight excluding hydrogens is 384 g/mol. The normalized spacial score (nSPS) is 14.6. The highest BCUT2D eigenvalue weighted by Gasteiger charge is 2.29. The van der Waals surface area contributed by atoms with E-state index in [0.29, 0.717) is 27.1 Å². The van der Waals surface area contributed by atoms with Crippen molar-refractivity contribution in [1.82, 2.24) is 0 Å². The highest BCUT2D eigenvalue weighted by Crippen LogP contribution is 2.40. The number of methoxy groups -OCH3 is 1. The molecule has 3 aromatic carbocycles. The Hall–Kier alpha value is -2.79. The molecule has 1 N–H and O–H groups in total. The van der Waals surface area contributed by atoms with Crippen molar-refractivity contribution in [2.75, 3.05) is 7.11 Å². The Morgan fingerprint density at radius 1 is 1.16 bits per heavy atom. The molecule has 124 valence electrons. The number of ketones is 1. The summed E-state index contributed by atoms with van der Waals surface area (Å²) in [5, 5.41) is 11.8. The number of benzene rings is 3. The second-order valence-electron chi connectivity index (χ2n) is 5.66. The molecule has 0 spiro atoms. The van der Waals surface area contributed by atoms with Gasteiger partial charge < -0.3 is 14.6 Å². The first-order chi connectivity index (χ1) is 12.1. The van der Waals surface area contributed by atoms with Crippen molar-refractivity contribution in [3.05, 3.63) is 69.9 Å². The van der Waals surface area contributed by atoms with E-state index in [1.807, 2.05) is 30.3 Å². The third kappa shape index (κ3) is 2.57. The Kier molecular flexibility index (Phi) is 3.73. The number of aromatic hydroxyl groups is 1. The Morgan fingerprint density at radius 3 is 2.76 bits per heavy atom. The molecule has 0 unspecified atom stereocenters. The minimum absolute atomic E-state index is 0.0117. The molecule has 0 atom stereocenters. The lowest BCUT2D eigenvalue weighted by Gasteiger charge is -2.07. The Balaban J connectivity index is 1.80. The molecular formula is C20H13BrO4. The lowest BCUT2D eigenvalue weighted by Crippen LogP contribution is -1.98. The SMILES string of the molecule is COc1cc(C=C2Oc3c(ccc4ccccc34)C2=O)cc(Br)c1O. The van der Waals surface area contributed by atoms with Crippen molar-refractivity contribution in [2.45, 2.75) is 0 Å². The summed E-state index contributed by atoms with van der Waals surface area (Å²) in [5.74, 6) is 0.987. The summed E-state index contributed by atoms with van der Waals surface area (Å²) in [4.78, 5) is 12.7. The smallest absolute Gasteiger partial charge is 0.231 e. The second-order valence-corrected chi connectivity index (χ2v) is 6.51. The zero-order valence-electron chi connectivity index (χ0n) is 13.2. The van der Waals surface area contributed by atoms with Gasteiger partial charge in [-0.05, 0) is 51.2 Å². The second kappa shape index (κ2) is 5.93. The van der Waals surface area contributed by atoms with Crippen LogP contribution in [-0.4, -0.2) is 18.0 Å². The van der Waals surface area contributed by atoms with Crippen LogP contribution in [-0.2, 0) is 0 Å². The van der Waals surface area contributed by atoms with Gasteiger partial charge in [0.1, 0.15) is 5.75 Å². The molecule has 3 aromatic rings. The molecule has 0 bridgehead atoms. The molecule has 4 nitrogen and oxygen atoms in total. The third-order valence-electron chi connectivity index (χ3n) is 4.13. The van der Waals surface area contributed by atoms with Gasteiger partial charge in [-0.25, -0.2) is 0 Å². The molecule has 0 fully saturated rings. The highest BCUT2D eigenvalue weighted by molar-refractivity contribution is 9.10. The molecule has 0 aliphatic carbocycles. The summed E-state index contributed by atoms with van der Waals surface area (Å²) in [6.07, 6.45) is 1.64. The van der Waals surface area contributed by atoms with E-state index < -0.39 is 0 Å². The number of carbonyl (C=O) groups excluding carboxylic acids is 1. The number of Topliss-reactive ketones (excluding diaryl/α,β-unsaturated/α-hetero) is 1. The van der Waals surface area contributed by atoms with Gasteiger partial charge in [0.15, 0.2) is 17.3 Å². The van der Waals surface area contributed by atoms with E-state index in [2.05, 4.69) is 15.9 Å². The van der Waals surface area contributed by atoms with Crippen molar-refractivity contribution in [3.63, 3.8) is 0 Å². The number of phenolic OH excluding ortho intramolecular Hbond substituents is 1. The maximum Gasteiger partial charge on any atom is 0.231 e. The summed E-state index contributed by atoms with van der Waals surface area (Å²) in [6, 6.07) is 14.8. The summed E-state index contributed by atoms with van der Waals surface area (Å²) in [6.45, 7) is 0. The average molecular weight is 397 g/mol. The quantitative estimate of drug-likeness (QED) is 0.623. The van der Waals surface area contributed by atoms with Crippen molar-refractivity contribution in [1.29, 1.82) is 0 Å². The van der Waals surface area contributed by atoms with E-state index in [4.69, 9.17) is 9.47 Å². The molecule has 0 radical (unpaired) electrons. The number of hydrogen-bond donors (Lipinski definition) is 1. The molecule has 0 saturated heterocycles. The lowest BCUT2D eigenvalue weighted by atomic mass is 10.0. The largest absolute Gasteiger partial charge is 0.503 e. The van der Waals surface area contributed by atoms with Crippen LogP contribution in [0.15, 0.2) is 58.8 Å². The van der Waals surface area contributed by atoms with Crippen molar-refractivity contribution >= 4 is 38.6 Å². The predicted octanol–water partition coefficient (Wildman–Crippen LogP) is 4.93. The topological polar surface area (TPSA) is 55.8 Å². The summed E-state index contributed by atoms with van der Waals surface area (Å²) in [7, 11) is 1.47. The van der Waals surface area contributed by atoms with Gasteiger partial charge in [-0.15, -0.1) is 0 Å². The Labute approximate surface area is 152 Å². The average Bonchev–Trinajstić information content (AvgIpc) is 2.94. The zero-order valence-corrected chi connectivity index (χ0v) is 14.8. The van der Waals surface area contributed by atoms with Gasteiger partial charge in [0.05, 0.1) is 17.1 Å². The number of allylic oxidation sites excluding steroid dienone is 1. The fourth-order valence-corrected chi connectivity index (χ4v) is 3.36. The summed E-state index contributed by atoms with van der Waals surface area (Å²) in [5.41, 5.74) is 1.23. The maximum absolute atomic E-state index is 12.7. The van der Waals surface area contributed by atoms with E-state index in [1.165, 1.54) is 7.11 Å². The first-order valence-electron chi connectivity index (χ1n) is 7.61. The molecule has 25 heavy (non-hydrogen) atoms. The van der Waals surface area contributed by atoms with Gasteiger partial charge >= 0.3 is 0 Å². The molecule has 0 saturated carbocycles. The fraction of sp³-hybridized carbons (Fsp3) is 0.0500. The van der Waals surface area contributed by atoms with Gasteiger partial charge in [0, 0.05) is 5.39 Å². The Bertz CT molecular complexity index is 1050. The summed E-state index contributed by atoms with van der Waals surface area (Å²) >= 11 is 3.28. The number of fused-ring (bicyclic) bond motifs is 3. The van der Waals surface area contributed by atoms with Gasteiger partial charge in [0.2, 0.25) is 5.78 Å². The molecule has 5 heteroatoms. The number of halogens is 1. The van der Waals surface area contributed by atoms with E-state index in [0.717, 1.165) is 10.8 Å². The first kappa shape index (κ1) is 15.7. The number of hydrogen-bond acceptors (Lipinski definition) is 4. The first-order valence-corrected chi connectivity index (χ1v) is 8.40. The molecule has 4 rings (SSSR count). The van der Waals surface area contributed by atoms with Crippen LogP contribution in [0.1, 0.15) is 15.9 Å². The van der Waals surface area contributed by atoms with Crippen LogP contribution in [0.25, 0.3) is 16.8 Å². The van der Waals surface area contributed by atoms with E-state index >= 15 is 0 Å². The number of rotatable bonds is 2. The molecule has 1 heterocycles. The molecule has 1 aliphatic rings. The minimum Gasteiger partial charge on any atom is -0.503 e. The zero-order chi connectivity index (χ0) is 17.6. The van der Waals surface area contributed by atoms with E-state index in [1.54, 1.807) is 24.3 Å². The van der Waals surface area contributed by atoms with Gasteiger partial charge in [-0.2, -0.15) is 0 Å². The standard InChI is InChI=1S/C20H13BrO4/c1-24-16-9-11(8-15(21)19(16)23)10-17-18(22)14-7-6-12-4-2-3-5-13(12)20(14)25-17/h2-10,23H,1H3. The van der Waals surface area contributed by atoms with E-state index in [9.17, 15) is 9.90 Å².